The number of halogens is 2. The van der Waals surface area contributed by atoms with Gasteiger partial charge in [-0.3, -0.25) is 4.79 Å². The Hall–Kier alpha value is -1.19. The SMILES string of the molecule is CNC(=O)Cn1ccc2c(Cl)cc(Cl)cc21. The largest absolute Gasteiger partial charge is 0.358 e. The Morgan fingerprint density at radius 3 is 2.88 bits per heavy atom. The second-order valence-electron chi connectivity index (χ2n) is 3.44. The molecule has 1 aromatic heterocycles. The van der Waals surface area contributed by atoms with Gasteiger partial charge < -0.3 is 9.88 Å². The first kappa shape index (κ1) is 11.3. The van der Waals surface area contributed by atoms with Gasteiger partial charge >= 0.3 is 0 Å². The van der Waals surface area contributed by atoms with Gasteiger partial charge in [0.05, 0.1) is 10.5 Å². The van der Waals surface area contributed by atoms with Gasteiger partial charge in [0.15, 0.2) is 0 Å². The van der Waals surface area contributed by atoms with Crippen LogP contribution >= 0.6 is 23.2 Å². The van der Waals surface area contributed by atoms with Crippen LogP contribution in [-0.4, -0.2) is 17.5 Å². The number of nitrogens with one attached hydrogen (secondary N) is 1. The van der Waals surface area contributed by atoms with Gasteiger partial charge in [-0.2, -0.15) is 0 Å². The molecule has 0 bridgehead atoms. The molecule has 0 spiro atoms. The van der Waals surface area contributed by atoms with E-state index in [2.05, 4.69) is 5.32 Å². The van der Waals surface area contributed by atoms with Crippen LogP contribution in [0.25, 0.3) is 10.9 Å². The van der Waals surface area contributed by atoms with Crippen molar-refractivity contribution in [3.8, 4) is 0 Å². The van der Waals surface area contributed by atoms with E-state index in [0.29, 0.717) is 10.0 Å². The second-order valence-corrected chi connectivity index (χ2v) is 4.28. The Morgan fingerprint density at radius 2 is 2.19 bits per heavy atom. The van der Waals surface area contributed by atoms with Gasteiger partial charge in [0.1, 0.15) is 6.54 Å². The van der Waals surface area contributed by atoms with Gasteiger partial charge in [0.25, 0.3) is 0 Å². The predicted octanol–water partition coefficient (Wildman–Crippen LogP) is 2.69. The lowest BCUT2D eigenvalue weighted by Crippen LogP contribution is -2.22. The number of aromatic nitrogens is 1. The summed E-state index contributed by atoms with van der Waals surface area (Å²) in [7, 11) is 1.61. The zero-order valence-electron chi connectivity index (χ0n) is 8.63. The molecular formula is C11H10Cl2N2O. The lowest BCUT2D eigenvalue weighted by atomic mass is 10.2. The summed E-state index contributed by atoms with van der Waals surface area (Å²) >= 11 is 12.0. The van der Waals surface area contributed by atoms with E-state index < -0.39 is 0 Å². The molecule has 16 heavy (non-hydrogen) atoms. The van der Waals surface area contributed by atoms with E-state index in [-0.39, 0.29) is 12.5 Å². The average molecular weight is 257 g/mol. The van der Waals surface area contributed by atoms with E-state index in [9.17, 15) is 4.79 Å². The first-order chi connectivity index (χ1) is 7.61. The highest BCUT2D eigenvalue weighted by atomic mass is 35.5. The first-order valence-electron chi connectivity index (χ1n) is 4.76. The van der Waals surface area contributed by atoms with Crippen LogP contribution in [0.2, 0.25) is 10.0 Å². The van der Waals surface area contributed by atoms with Crippen molar-refractivity contribution in [1.82, 2.24) is 9.88 Å². The van der Waals surface area contributed by atoms with Crippen molar-refractivity contribution in [2.75, 3.05) is 7.05 Å². The number of carbonyl (C=O) groups excluding carboxylic acids is 1. The number of benzene rings is 1. The van der Waals surface area contributed by atoms with Crippen LogP contribution in [0.1, 0.15) is 0 Å². The zero-order valence-corrected chi connectivity index (χ0v) is 10.1. The van der Waals surface area contributed by atoms with Gasteiger partial charge in [0, 0.05) is 23.7 Å². The third kappa shape index (κ3) is 2.01. The molecule has 0 aliphatic heterocycles. The molecule has 0 saturated carbocycles. The van der Waals surface area contributed by atoms with Crippen molar-refractivity contribution in [3.63, 3.8) is 0 Å². The number of fused-ring (bicyclic) bond motifs is 1. The average Bonchev–Trinajstić information content (AvgIpc) is 2.61. The molecule has 0 unspecified atom stereocenters. The molecule has 0 saturated heterocycles. The zero-order chi connectivity index (χ0) is 11.7. The maximum atomic E-state index is 11.3. The van der Waals surface area contributed by atoms with Crippen LogP contribution in [0.3, 0.4) is 0 Å². The molecule has 0 aliphatic carbocycles. The van der Waals surface area contributed by atoms with Crippen LogP contribution < -0.4 is 5.32 Å². The van der Waals surface area contributed by atoms with Crippen LogP contribution in [0.5, 0.6) is 0 Å². The maximum absolute atomic E-state index is 11.3. The van der Waals surface area contributed by atoms with Crippen molar-refractivity contribution in [2.45, 2.75) is 6.54 Å². The summed E-state index contributed by atoms with van der Waals surface area (Å²) in [5.41, 5.74) is 0.862. The summed E-state index contributed by atoms with van der Waals surface area (Å²) in [6, 6.07) is 5.36. The van der Waals surface area contributed by atoms with Crippen LogP contribution in [0.4, 0.5) is 0 Å². The lowest BCUT2D eigenvalue weighted by molar-refractivity contribution is -0.121. The number of nitrogens with zero attached hydrogens (tertiary/aromatic N) is 1. The highest BCUT2D eigenvalue weighted by Gasteiger charge is 2.08. The maximum Gasteiger partial charge on any atom is 0.239 e. The third-order valence-corrected chi connectivity index (χ3v) is 2.93. The number of hydrogen-bond donors (Lipinski definition) is 1. The number of amides is 1. The Kier molecular flexibility index (Phi) is 3.08. The van der Waals surface area contributed by atoms with Crippen LogP contribution in [0.15, 0.2) is 24.4 Å². The van der Waals surface area contributed by atoms with Gasteiger partial charge in [0.2, 0.25) is 5.91 Å². The van der Waals surface area contributed by atoms with Crippen molar-refractivity contribution in [3.05, 3.63) is 34.4 Å². The molecule has 1 aromatic carbocycles. The minimum absolute atomic E-state index is 0.0615. The molecule has 0 aliphatic rings. The molecule has 0 atom stereocenters. The summed E-state index contributed by atoms with van der Waals surface area (Å²) in [5.74, 6) is -0.0615. The molecule has 0 fully saturated rings. The standard InChI is InChI=1S/C11H10Cl2N2O/c1-14-11(16)6-15-3-2-8-9(13)4-7(12)5-10(8)15/h2-5H,6H2,1H3,(H,14,16). The van der Waals surface area contributed by atoms with Gasteiger partial charge in [-0.05, 0) is 18.2 Å². The molecule has 2 rings (SSSR count). The minimum atomic E-state index is -0.0615. The number of hydrogen-bond acceptors (Lipinski definition) is 1. The van der Waals surface area contributed by atoms with Gasteiger partial charge in [-0.25, -0.2) is 0 Å². The topological polar surface area (TPSA) is 34.0 Å². The molecule has 5 heteroatoms. The molecule has 84 valence electrons. The van der Waals surface area contributed by atoms with E-state index in [4.69, 9.17) is 23.2 Å². The molecule has 3 nitrogen and oxygen atoms in total. The van der Waals surface area contributed by atoms with Crippen LogP contribution in [0, 0.1) is 0 Å². The summed E-state index contributed by atoms with van der Waals surface area (Å²) in [5, 5.41) is 4.63. The molecule has 1 N–H and O–H groups in total. The Balaban J connectivity index is 2.51. The van der Waals surface area contributed by atoms with Crippen molar-refractivity contribution in [1.29, 1.82) is 0 Å². The Morgan fingerprint density at radius 1 is 1.44 bits per heavy atom. The molecule has 2 aromatic rings. The molecule has 0 radical (unpaired) electrons. The predicted molar refractivity (Wildman–Crippen MR) is 66.0 cm³/mol. The smallest absolute Gasteiger partial charge is 0.239 e. The normalized spacial score (nSPS) is 10.7. The minimum Gasteiger partial charge on any atom is -0.358 e. The summed E-state index contributed by atoms with van der Waals surface area (Å²) in [4.78, 5) is 11.3. The molecule has 1 heterocycles. The summed E-state index contributed by atoms with van der Waals surface area (Å²) in [6.07, 6.45) is 1.82. The fraction of sp³-hybridized carbons (Fsp3) is 0.182. The number of carbonyl (C=O) groups is 1. The summed E-state index contributed by atoms with van der Waals surface area (Å²) in [6.45, 7) is 0.261. The fourth-order valence-corrected chi connectivity index (χ4v) is 2.14. The van der Waals surface area contributed by atoms with E-state index in [1.807, 2.05) is 16.8 Å². The summed E-state index contributed by atoms with van der Waals surface area (Å²) < 4.78 is 1.81. The fourth-order valence-electron chi connectivity index (χ4n) is 1.59. The van der Waals surface area contributed by atoms with Crippen LogP contribution in [-0.2, 0) is 11.3 Å². The van der Waals surface area contributed by atoms with Crippen molar-refractivity contribution >= 4 is 40.0 Å². The second kappa shape index (κ2) is 4.36. The highest BCUT2D eigenvalue weighted by Crippen LogP contribution is 2.28. The highest BCUT2D eigenvalue weighted by molar-refractivity contribution is 6.38. The van der Waals surface area contributed by atoms with E-state index in [0.717, 1.165) is 10.9 Å². The first-order valence-corrected chi connectivity index (χ1v) is 5.52. The molecular weight excluding hydrogens is 247 g/mol. The molecule has 1 amide bonds. The van der Waals surface area contributed by atoms with Crippen molar-refractivity contribution < 1.29 is 4.79 Å². The third-order valence-electron chi connectivity index (χ3n) is 2.40. The quantitative estimate of drug-likeness (QED) is 0.881. The lowest BCUT2D eigenvalue weighted by Gasteiger charge is -2.05. The number of rotatable bonds is 2. The van der Waals surface area contributed by atoms with Crippen molar-refractivity contribution in [2.24, 2.45) is 0 Å². The Labute approximate surface area is 103 Å². The van der Waals surface area contributed by atoms with Gasteiger partial charge in [-0.15, -0.1) is 0 Å². The van der Waals surface area contributed by atoms with Gasteiger partial charge in [-0.1, -0.05) is 23.2 Å². The van der Waals surface area contributed by atoms with E-state index in [1.54, 1.807) is 19.2 Å². The van der Waals surface area contributed by atoms with E-state index in [1.165, 1.54) is 0 Å². The van der Waals surface area contributed by atoms with E-state index >= 15 is 0 Å². The number of likely N-dealkylation sites (N-methyl/N-ethyl adjacent to an activating group) is 1. The Bertz CT molecular complexity index is 548. The monoisotopic (exact) mass is 256 g/mol.